The summed E-state index contributed by atoms with van der Waals surface area (Å²) in [5.74, 6) is 0.133. The van der Waals surface area contributed by atoms with Gasteiger partial charge in [-0.3, -0.25) is 4.79 Å². The van der Waals surface area contributed by atoms with Crippen LogP contribution in [0, 0.1) is 0 Å². The molecule has 0 bridgehead atoms. The molecule has 1 aliphatic rings. The molecule has 0 spiro atoms. The normalized spacial score (nSPS) is 15.9. The molecule has 0 N–H and O–H groups in total. The molecule has 0 saturated carbocycles. The van der Waals surface area contributed by atoms with Crippen LogP contribution in [-0.4, -0.2) is 37.1 Å². The Hall–Kier alpha value is -1.10. The maximum atomic E-state index is 12.3. The van der Waals surface area contributed by atoms with Gasteiger partial charge in [0, 0.05) is 17.8 Å². The van der Waals surface area contributed by atoms with Crippen molar-refractivity contribution in [2.75, 3.05) is 26.3 Å². The van der Waals surface area contributed by atoms with E-state index in [2.05, 4.69) is 0 Å². The molecule has 0 aliphatic carbocycles. The number of carbonyl (C=O) groups excluding carboxylic acids is 1. The lowest BCUT2D eigenvalue weighted by atomic mass is 10.1. The third-order valence-corrected chi connectivity index (χ3v) is 4.80. The van der Waals surface area contributed by atoms with E-state index in [-0.39, 0.29) is 5.91 Å². The quantitative estimate of drug-likeness (QED) is 0.852. The second-order valence-electron chi connectivity index (χ2n) is 4.52. The van der Waals surface area contributed by atoms with Gasteiger partial charge < -0.3 is 9.64 Å². The average molecular weight is 296 g/mol. The maximum absolute atomic E-state index is 12.3. The van der Waals surface area contributed by atoms with Crippen LogP contribution >= 0.6 is 22.9 Å². The van der Waals surface area contributed by atoms with E-state index in [9.17, 15) is 4.79 Å². The summed E-state index contributed by atoms with van der Waals surface area (Å²) in [4.78, 5) is 14.1. The van der Waals surface area contributed by atoms with Gasteiger partial charge in [0.1, 0.15) is 0 Å². The topological polar surface area (TPSA) is 29.5 Å². The number of thiophene rings is 1. The Morgan fingerprint density at radius 3 is 2.84 bits per heavy atom. The Labute approximate surface area is 120 Å². The van der Waals surface area contributed by atoms with E-state index in [0.29, 0.717) is 32.7 Å². The summed E-state index contributed by atoms with van der Waals surface area (Å²) in [5, 5.41) is 1.10. The Morgan fingerprint density at radius 2 is 2.05 bits per heavy atom. The fourth-order valence-electron chi connectivity index (χ4n) is 2.31. The molecule has 1 aliphatic heterocycles. The second-order valence-corrected chi connectivity index (χ2v) is 6.17. The number of amides is 1. The van der Waals surface area contributed by atoms with E-state index in [0.717, 1.165) is 20.0 Å². The van der Waals surface area contributed by atoms with Gasteiger partial charge >= 0.3 is 0 Å². The molecule has 1 aromatic carbocycles. The third kappa shape index (κ3) is 2.61. The first-order chi connectivity index (χ1) is 9.25. The van der Waals surface area contributed by atoms with E-state index < -0.39 is 0 Å². The first kappa shape index (κ1) is 12.9. The molecule has 1 saturated heterocycles. The molecule has 2 aromatic rings. The van der Waals surface area contributed by atoms with Crippen molar-refractivity contribution in [3.63, 3.8) is 0 Å². The van der Waals surface area contributed by atoms with Crippen molar-refractivity contribution in [3.05, 3.63) is 34.2 Å². The lowest BCUT2D eigenvalue weighted by Gasteiger charge is -2.26. The average Bonchev–Trinajstić information content (AvgIpc) is 2.76. The van der Waals surface area contributed by atoms with Crippen molar-refractivity contribution < 1.29 is 9.53 Å². The van der Waals surface area contributed by atoms with Crippen LogP contribution in [0.3, 0.4) is 0 Å². The van der Waals surface area contributed by atoms with Gasteiger partial charge in [0.25, 0.3) is 0 Å². The number of ether oxygens (including phenoxy) is 1. The number of morpholine rings is 1. The fourth-order valence-corrected chi connectivity index (χ4v) is 3.67. The third-order valence-electron chi connectivity index (χ3n) is 3.34. The number of fused-ring (bicyclic) bond motifs is 1. The summed E-state index contributed by atoms with van der Waals surface area (Å²) in [6.45, 7) is 2.62. The van der Waals surface area contributed by atoms with Gasteiger partial charge in [-0.05, 0) is 17.0 Å². The minimum absolute atomic E-state index is 0.133. The standard InChI is InChI=1S/C14H14ClNO2S/c15-14-11(10-3-1-2-4-12(10)19-14)9-13(17)16-5-7-18-8-6-16/h1-4H,5-9H2. The number of halogens is 1. The number of nitrogens with zero attached hydrogens (tertiary/aromatic N) is 1. The first-order valence-corrected chi connectivity index (χ1v) is 7.46. The molecule has 3 rings (SSSR count). The van der Waals surface area contributed by atoms with Crippen LogP contribution in [0.2, 0.25) is 4.34 Å². The zero-order chi connectivity index (χ0) is 13.2. The Bertz CT molecular complexity index is 605. The van der Waals surface area contributed by atoms with E-state index in [4.69, 9.17) is 16.3 Å². The molecular formula is C14H14ClNO2S. The number of hydrogen-bond donors (Lipinski definition) is 0. The van der Waals surface area contributed by atoms with Crippen LogP contribution in [-0.2, 0) is 16.0 Å². The molecule has 0 atom stereocenters. The molecule has 1 aromatic heterocycles. The van der Waals surface area contributed by atoms with E-state index >= 15 is 0 Å². The summed E-state index contributed by atoms with van der Waals surface area (Å²) in [6, 6.07) is 8.03. The molecule has 0 radical (unpaired) electrons. The summed E-state index contributed by atoms with van der Waals surface area (Å²) in [5.41, 5.74) is 0.957. The maximum Gasteiger partial charge on any atom is 0.227 e. The van der Waals surface area contributed by atoms with Gasteiger partial charge in [-0.15, -0.1) is 11.3 Å². The van der Waals surface area contributed by atoms with Crippen LogP contribution < -0.4 is 0 Å². The van der Waals surface area contributed by atoms with Crippen LogP contribution in [0.15, 0.2) is 24.3 Å². The molecule has 5 heteroatoms. The van der Waals surface area contributed by atoms with E-state index in [1.807, 2.05) is 29.2 Å². The number of rotatable bonds is 2. The number of benzene rings is 1. The molecule has 1 fully saturated rings. The van der Waals surface area contributed by atoms with Gasteiger partial charge in [0.2, 0.25) is 5.91 Å². The zero-order valence-electron chi connectivity index (χ0n) is 10.4. The second kappa shape index (κ2) is 5.49. The number of carbonyl (C=O) groups is 1. The van der Waals surface area contributed by atoms with Gasteiger partial charge in [-0.2, -0.15) is 0 Å². The lowest BCUT2D eigenvalue weighted by Crippen LogP contribution is -2.41. The van der Waals surface area contributed by atoms with Crippen LogP contribution in [0.4, 0.5) is 0 Å². The molecule has 0 unspecified atom stereocenters. The largest absolute Gasteiger partial charge is 0.378 e. The SMILES string of the molecule is O=C(Cc1c(Cl)sc2ccccc12)N1CCOCC1. The highest BCUT2D eigenvalue weighted by Gasteiger charge is 2.20. The minimum Gasteiger partial charge on any atom is -0.378 e. The first-order valence-electron chi connectivity index (χ1n) is 6.27. The van der Waals surface area contributed by atoms with Crippen LogP contribution in [0.5, 0.6) is 0 Å². The van der Waals surface area contributed by atoms with Gasteiger partial charge in [-0.25, -0.2) is 0 Å². The predicted octanol–water partition coefficient (Wildman–Crippen LogP) is 2.96. The van der Waals surface area contributed by atoms with Crippen molar-refractivity contribution in [1.82, 2.24) is 4.90 Å². The van der Waals surface area contributed by atoms with Crippen LogP contribution in [0.25, 0.3) is 10.1 Å². The monoisotopic (exact) mass is 295 g/mol. The molecule has 1 amide bonds. The fraction of sp³-hybridized carbons (Fsp3) is 0.357. The molecule has 3 nitrogen and oxygen atoms in total. The Balaban J connectivity index is 1.84. The van der Waals surface area contributed by atoms with Gasteiger partial charge in [0.05, 0.1) is 24.0 Å². The lowest BCUT2D eigenvalue weighted by molar-refractivity contribution is -0.134. The summed E-state index contributed by atoms with van der Waals surface area (Å²) in [6.07, 6.45) is 0.378. The highest BCUT2D eigenvalue weighted by atomic mass is 35.5. The molecule has 19 heavy (non-hydrogen) atoms. The Kier molecular flexibility index (Phi) is 3.73. The van der Waals surface area contributed by atoms with Crippen molar-refractivity contribution in [1.29, 1.82) is 0 Å². The van der Waals surface area contributed by atoms with E-state index in [1.54, 1.807) is 0 Å². The highest BCUT2D eigenvalue weighted by Crippen LogP contribution is 2.35. The minimum atomic E-state index is 0.133. The molecular weight excluding hydrogens is 282 g/mol. The summed E-state index contributed by atoms with van der Waals surface area (Å²) >= 11 is 7.81. The summed E-state index contributed by atoms with van der Waals surface area (Å²) in [7, 11) is 0. The summed E-state index contributed by atoms with van der Waals surface area (Å²) < 4.78 is 7.12. The van der Waals surface area contributed by atoms with Crippen molar-refractivity contribution in [2.45, 2.75) is 6.42 Å². The van der Waals surface area contributed by atoms with Gasteiger partial charge in [-0.1, -0.05) is 29.8 Å². The predicted molar refractivity (Wildman–Crippen MR) is 77.9 cm³/mol. The van der Waals surface area contributed by atoms with Crippen molar-refractivity contribution >= 4 is 38.9 Å². The van der Waals surface area contributed by atoms with Crippen molar-refractivity contribution in [3.8, 4) is 0 Å². The molecule has 2 heterocycles. The number of hydrogen-bond acceptors (Lipinski definition) is 3. The zero-order valence-corrected chi connectivity index (χ0v) is 12.0. The van der Waals surface area contributed by atoms with Crippen molar-refractivity contribution in [2.24, 2.45) is 0 Å². The molecule has 100 valence electrons. The van der Waals surface area contributed by atoms with E-state index in [1.165, 1.54) is 11.3 Å². The van der Waals surface area contributed by atoms with Gasteiger partial charge in [0.15, 0.2) is 0 Å². The highest BCUT2D eigenvalue weighted by molar-refractivity contribution is 7.22. The smallest absolute Gasteiger partial charge is 0.227 e. The van der Waals surface area contributed by atoms with Crippen LogP contribution in [0.1, 0.15) is 5.56 Å². The Morgan fingerprint density at radius 1 is 1.32 bits per heavy atom.